The predicted molar refractivity (Wildman–Crippen MR) is 102 cm³/mol. The van der Waals surface area contributed by atoms with Gasteiger partial charge in [0.05, 0.1) is 17.0 Å². The Morgan fingerprint density at radius 1 is 1.31 bits per heavy atom. The normalized spacial score (nSPS) is 16.8. The second-order valence-electron chi connectivity index (χ2n) is 5.21. The Labute approximate surface area is 158 Å². The molecule has 1 heterocycles. The number of nitrogens with zero attached hydrogens (tertiary/aromatic N) is 1. The van der Waals surface area contributed by atoms with Crippen LogP contribution in [0.25, 0.3) is 6.08 Å². The molecular weight excluding hydrogens is 376 g/mol. The molecule has 1 aliphatic rings. The third-order valence-corrected chi connectivity index (χ3v) is 4.64. The lowest BCUT2D eigenvalue weighted by Crippen LogP contribution is -2.20. The van der Waals surface area contributed by atoms with Gasteiger partial charge >= 0.3 is 0 Å². The van der Waals surface area contributed by atoms with Crippen molar-refractivity contribution in [2.75, 3.05) is 7.11 Å². The maximum atomic E-state index is 12.1. The average Bonchev–Trinajstić information content (AvgIpc) is 2.97. The molecule has 0 aromatic heterocycles. The Bertz CT molecular complexity index is 942. The first-order chi connectivity index (χ1) is 12.5. The zero-order valence-corrected chi connectivity index (χ0v) is 15.1. The number of methoxy groups -OCH3 is 1. The van der Waals surface area contributed by atoms with E-state index in [9.17, 15) is 14.7 Å². The number of thioether (sulfide) groups is 1. The van der Waals surface area contributed by atoms with E-state index in [1.54, 1.807) is 42.5 Å². The van der Waals surface area contributed by atoms with Gasteiger partial charge in [0.25, 0.3) is 11.8 Å². The van der Waals surface area contributed by atoms with E-state index in [4.69, 9.17) is 16.3 Å². The lowest BCUT2D eigenvalue weighted by atomic mass is 10.2. The van der Waals surface area contributed by atoms with Crippen molar-refractivity contribution in [3.8, 4) is 11.5 Å². The maximum Gasteiger partial charge on any atom is 0.279 e. The minimum atomic E-state index is -0.441. The van der Waals surface area contributed by atoms with E-state index in [1.807, 2.05) is 0 Å². The number of rotatable bonds is 3. The highest BCUT2D eigenvalue weighted by Crippen LogP contribution is 2.36. The van der Waals surface area contributed by atoms with Gasteiger partial charge in [-0.3, -0.25) is 9.59 Å². The number of carbonyl (C=O) groups excluding carboxylic acids is 2. The van der Waals surface area contributed by atoms with Gasteiger partial charge in [0, 0.05) is 5.56 Å². The van der Waals surface area contributed by atoms with Gasteiger partial charge in [-0.2, -0.15) is 4.99 Å². The lowest BCUT2D eigenvalue weighted by molar-refractivity contribution is -0.115. The molecule has 0 saturated carbocycles. The van der Waals surface area contributed by atoms with Crippen LogP contribution in [-0.2, 0) is 4.79 Å². The molecule has 0 atom stereocenters. The standard InChI is InChI=1S/C18H13ClN2O4S/c1-25-13-8-10(7-12(19)15(13)22)9-14-17(24)21-18(26-14)20-16(23)11-5-3-2-4-6-11/h2-9,22H,1H3,(H,20,21,23,24)/b14-9-. The number of benzene rings is 2. The first-order valence-electron chi connectivity index (χ1n) is 7.43. The van der Waals surface area contributed by atoms with Crippen molar-refractivity contribution in [2.45, 2.75) is 0 Å². The predicted octanol–water partition coefficient (Wildman–Crippen LogP) is 3.45. The number of hydrogen-bond acceptors (Lipinski definition) is 5. The molecule has 0 radical (unpaired) electrons. The van der Waals surface area contributed by atoms with Gasteiger partial charge in [-0.05, 0) is 47.7 Å². The molecule has 6 nitrogen and oxygen atoms in total. The number of carbonyl (C=O) groups is 2. The largest absolute Gasteiger partial charge is 0.503 e. The van der Waals surface area contributed by atoms with E-state index in [2.05, 4.69) is 10.3 Å². The summed E-state index contributed by atoms with van der Waals surface area (Å²) in [5.74, 6) is -0.793. The van der Waals surface area contributed by atoms with Gasteiger partial charge < -0.3 is 15.2 Å². The zero-order valence-electron chi connectivity index (χ0n) is 13.5. The van der Waals surface area contributed by atoms with Crippen molar-refractivity contribution in [2.24, 2.45) is 4.99 Å². The Morgan fingerprint density at radius 2 is 2.04 bits per heavy atom. The number of amides is 2. The van der Waals surface area contributed by atoms with Gasteiger partial charge in [0.1, 0.15) is 0 Å². The average molecular weight is 389 g/mol. The van der Waals surface area contributed by atoms with Crippen molar-refractivity contribution in [1.82, 2.24) is 5.32 Å². The van der Waals surface area contributed by atoms with Crippen LogP contribution in [-0.4, -0.2) is 29.2 Å². The molecule has 2 N–H and O–H groups in total. The summed E-state index contributed by atoms with van der Waals surface area (Å²) in [7, 11) is 1.40. The van der Waals surface area contributed by atoms with E-state index in [-0.39, 0.29) is 27.6 Å². The van der Waals surface area contributed by atoms with Gasteiger partial charge in [0.15, 0.2) is 16.7 Å². The third-order valence-electron chi connectivity index (χ3n) is 3.44. The van der Waals surface area contributed by atoms with Gasteiger partial charge in [-0.1, -0.05) is 29.8 Å². The highest BCUT2D eigenvalue weighted by molar-refractivity contribution is 8.18. The van der Waals surface area contributed by atoms with Crippen molar-refractivity contribution in [3.63, 3.8) is 0 Å². The number of phenolic OH excluding ortho intramolecular Hbond substituents is 1. The first kappa shape index (κ1) is 18.0. The molecule has 2 aromatic carbocycles. The highest BCUT2D eigenvalue weighted by Gasteiger charge is 2.25. The van der Waals surface area contributed by atoms with E-state index < -0.39 is 5.91 Å². The van der Waals surface area contributed by atoms with E-state index in [0.29, 0.717) is 16.0 Å². The number of hydrogen-bond donors (Lipinski definition) is 2. The minimum absolute atomic E-state index is 0.104. The molecule has 1 aliphatic heterocycles. The van der Waals surface area contributed by atoms with E-state index >= 15 is 0 Å². The van der Waals surface area contributed by atoms with Crippen LogP contribution in [0.15, 0.2) is 52.4 Å². The summed E-state index contributed by atoms with van der Waals surface area (Å²) in [5, 5.41) is 12.6. The van der Waals surface area contributed by atoms with Gasteiger partial charge in [0.2, 0.25) is 0 Å². The Balaban J connectivity index is 1.84. The fourth-order valence-corrected chi connectivity index (χ4v) is 3.24. The van der Waals surface area contributed by atoms with Crippen molar-refractivity contribution < 1.29 is 19.4 Å². The van der Waals surface area contributed by atoms with Crippen LogP contribution in [0.2, 0.25) is 5.02 Å². The summed E-state index contributed by atoms with van der Waals surface area (Å²) in [6.45, 7) is 0. The number of phenols is 1. The number of halogens is 1. The van der Waals surface area contributed by atoms with E-state index in [0.717, 1.165) is 11.8 Å². The van der Waals surface area contributed by atoms with Crippen LogP contribution in [0.4, 0.5) is 0 Å². The fraction of sp³-hybridized carbons (Fsp3) is 0.0556. The molecule has 0 aliphatic carbocycles. The van der Waals surface area contributed by atoms with Crippen LogP contribution in [0, 0.1) is 0 Å². The molecule has 2 amide bonds. The summed E-state index contributed by atoms with van der Waals surface area (Å²) in [6, 6.07) is 11.6. The van der Waals surface area contributed by atoms with Crippen molar-refractivity contribution in [1.29, 1.82) is 0 Å². The minimum Gasteiger partial charge on any atom is -0.503 e. The maximum absolute atomic E-state index is 12.1. The molecule has 1 fully saturated rings. The zero-order chi connectivity index (χ0) is 18.7. The summed E-state index contributed by atoms with van der Waals surface area (Å²) < 4.78 is 5.04. The Kier molecular flexibility index (Phi) is 5.29. The smallest absolute Gasteiger partial charge is 0.279 e. The number of ether oxygens (including phenoxy) is 1. The second kappa shape index (κ2) is 7.63. The lowest BCUT2D eigenvalue weighted by Gasteiger charge is -2.06. The van der Waals surface area contributed by atoms with Crippen LogP contribution in [0.3, 0.4) is 0 Å². The monoisotopic (exact) mass is 388 g/mol. The summed E-state index contributed by atoms with van der Waals surface area (Å²) in [5.41, 5.74) is 1.00. The SMILES string of the molecule is COc1cc(/C=C2\SC(=NC(=O)c3ccccc3)NC2=O)cc(Cl)c1O. The van der Waals surface area contributed by atoms with Crippen LogP contribution in [0.5, 0.6) is 11.5 Å². The van der Waals surface area contributed by atoms with Crippen molar-refractivity contribution in [3.05, 3.63) is 63.5 Å². The molecular formula is C18H13ClN2O4S. The number of nitrogens with one attached hydrogen (secondary N) is 1. The molecule has 132 valence electrons. The molecule has 3 rings (SSSR count). The first-order valence-corrected chi connectivity index (χ1v) is 8.63. The Hall–Kier alpha value is -2.77. The molecule has 26 heavy (non-hydrogen) atoms. The molecule has 1 saturated heterocycles. The van der Waals surface area contributed by atoms with Gasteiger partial charge in [-0.15, -0.1) is 0 Å². The van der Waals surface area contributed by atoms with Crippen molar-refractivity contribution >= 4 is 46.4 Å². The molecule has 0 bridgehead atoms. The van der Waals surface area contributed by atoms with E-state index in [1.165, 1.54) is 13.2 Å². The Morgan fingerprint density at radius 3 is 2.73 bits per heavy atom. The number of aliphatic imine (C=N–C) groups is 1. The van der Waals surface area contributed by atoms with Gasteiger partial charge in [-0.25, -0.2) is 0 Å². The molecule has 2 aromatic rings. The topological polar surface area (TPSA) is 88.0 Å². The highest BCUT2D eigenvalue weighted by atomic mass is 35.5. The van der Waals surface area contributed by atoms with Crippen LogP contribution < -0.4 is 10.1 Å². The molecule has 8 heteroatoms. The number of aromatic hydroxyl groups is 1. The van der Waals surface area contributed by atoms with Crippen LogP contribution in [0.1, 0.15) is 15.9 Å². The van der Waals surface area contributed by atoms with Crippen LogP contribution >= 0.6 is 23.4 Å². The summed E-state index contributed by atoms with van der Waals surface area (Å²) >= 11 is 6.99. The summed E-state index contributed by atoms with van der Waals surface area (Å²) in [4.78, 5) is 28.5. The fourth-order valence-electron chi connectivity index (χ4n) is 2.20. The quantitative estimate of drug-likeness (QED) is 0.786. The summed E-state index contributed by atoms with van der Waals surface area (Å²) in [6.07, 6.45) is 1.57. The second-order valence-corrected chi connectivity index (χ2v) is 6.64. The molecule has 0 spiro atoms. The number of amidine groups is 1. The molecule has 0 unspecified atom stereocenters. The third kappa shape index (κ3) is 3.89.